The van der Waals surface area contributed by atoms with Crippen molar-refractivity contribution in [2.75, 3.05) is 0 Å². The van der Waals surface area contributed by atoms with Gasteiger partial charge in [-0.05, 0) is 52.7 Å². The van der Waals surface area contributed by atoms with Crippen LogP contribution in [-0.2, 0) is 0 Å². The van der Waals surface area contributed by atoms with Crippen molar-refractivity contribution in [2.24, 2.45) is 0 Å². The molecule has 0 spiro atoms. The molecule has 1 aromatic carbocycles. The average Bonchev–Trinajstić information content (AvgIpc) is 3.20. The molecule has 118 valence electrons. The Kier molecular flexibility index (Phi) is 3.08. The maximum absolute atomic E-state index is 4.64. The van der Waals surface area contributed by atoms with Crippen LogP contribution in [0, 0.1) is 0 Å². The van der Waals surface area contributed by atoms with E-state index in [-0.39, 0.29) is 0 Å². The third kappa shape index (κ3) is 2.35. The van der Waals surface area contributed by atoms with Gasteiger partial charge in [0.15, 0.2) is 10.8 Å². The van der Waals surface area contributed by atoms with Crippen molar-refractivity contribution in [3.05, 3.63) is 48.7 Å². The van der Waals surface area contributed by atoms with Gasteiger partial charge in [-0.1, -0.05) is 30.3 Å². The monoisotopic (exact) mass is 335 g/mol. The van der Waals surface area contributed by atoms with Crippen molar-refractivity contribution >= 4 is 17.4 Å². The lowest BCUT2D eigenvalue weighted by molar-refractivity contribution is 0.665. The third-order valence-corrected chi connectivity index (χ3v) is 4.90. The highest BCUT2D eigenvalue weighted by atomic mass is 32.2. The van der Waals surface area contributed by atoms with E-state index in [1.807, 2.05) is 24.4 Å². The van der Waals surface area contributed by atoms with Gasteiger partial charge >= 0.3 is 0 Å². The van der Waals surface area contributed by atoms with Gasteiger partial charge in [0.1, 0.15) is 5.03 Å². The molecule has 1 fully saturated rings. The molecule has 1 aliphatic carbocycles. The van der Waals surface area contributed by atoms with Crippen LogP contribution in [0.25, 0.3) is 16.9 Å². The fourth-order valence-corrected chi connectivity index (χ4v) is 3.60. The first-order chi connectivity index (χ1) is 11.9. The molecular formula is C16H13N7S. The number of aromatic nitrogens is 7. The zero-order valence-electron chi connectivity index (χ0n) is 12.6. The lowest BCUT2D eigenvalue weighted by atomic mass is 10.2. The molecule has 4 aromatic rings. The fourth-order valence-electron chi connectivity index (χ4n) is 2.71. The molecule has 0 bridgehead atoms. The second kappa shape index (κ2) is 5.41. The maximum atomic E-state index is 4.64. The van der Waals surface area contributed by atoms with E-state index in [1.54, 1.807) is 11.8 Å². The molecule has 8 heteroatoms. The quantitative estimate of drug-likeness (QED) is 0.571. The van der Waals surface area contributed by atoms with Gasteiger partial charge in [0, 0.05) is 6.04 Å². The van der Waals surface area contributed by atoms with Crippen molar-refractivity contribution in [1.82, 2.24) is 34.8 Å². The van der Waals surface area contributed by atoms with E-state index < -0.39 is 0 Å². The summed E-state index contributed by atoms with van der Waals surface area (Å²) in [6.07, 6.45) is 4.35. The van der Waals surface area contributed by atoms with Crippen LogP contribution >= 0.6 is 11.8 Å². The van der Waals surface area contributed by atoms with E-state index >= 15 is 0 Å². The first kappa shape index (κ1) is 13.7. The minimum absolute atomic E-state index is 0.530. The maximum Gasteiger partial charge on any atom is 0.200 e. The van der Waals surface area contributed by atoms with Gasteiger partial charge in [-0.25, -0.2) is 4.98 Å². The summed E-state index contributed by atoms with van der Waals surface area (Å²) in [4.78, 5) is 4.64. The molecule has 0 amide bonds. The molecule has 3 aromatic heterocycles. The third-order valence-electron chi connectivity index (χ3n) is 3.99. The van der Waals surface area contributed by atoms with Crippen LogP contribution in [0.3, 0.4) is 0 Å². The van der Waals surface area contributed by atoms with Crippen molar-refractivity contribution in [3.8, 4) is 11.3 Å². The molecule has 0 unspecified atom stereocenters. The Hall–Kier alpha value is -2.74. The van der Waals surface area contributed by atoms with Crippen LogP contribution in [0.15, 0.2) is 58.8 Å². The Morgan fingerprint density at radius 3 is 2.75 bits per heavy atom. The summed E-state index contributed by atoms with van der Waals surface area (Å²) in [5.41, 5.74) is 2.98. The molecule has 0 saturated heterocycles. The second-order valence-electron chi connectivity index (χ2n) is 5.69. The zero-order valence-corrected chi connectivity index (χ0v) is 13.5. The van der Waals surface area contributed by atoms with Gasteiger partial charge < -0.3 is 4.57 Å². The molecule has 1 aliphatic rings. The normalized spacial score (nSPS) is 14.3. The molecule has 0 aliphatic heterocycles. The van der Waals surface area contributed by atoms with Gasteiger partial charge in [0.2, 0.25) is 0 Å². The number of hydrogen-bond acceptors (Lipinski definition) is 6. The predicted molar refractivity (Wildman–Crippen MR) is 88.6 cm³/mol. The summed E-state index contributed by atoms with van der Waals surface area (Å²) >= 11 is 1.54. The SMILES string of the molecule is c1ccc(-c2cnc(Sc3ccc4nnnn4n3)n2C2CC2)cc1. The molecular weight excluding hydrogens is 322 g/mol. The van der Waals surface area contributed by atoms with Crippen LogP contribution in [0.4, 0.5) is 0 Å². The van der Waals surface area contributed by atoms with Gasteiger partial charge in [-0.15, -0.1) is 14.8 Å². The van der Waals surface area contributed by atoms with E-state index in [4.69, 9.17) is 0 Å². The van der Waals surface area contributed by atoms with Crippen molar-refractivity contribution in [2.45, 2.75) is 29.1 Å². The Labute approximate surface area is 141 Å². The summed E-state index contributed by atoms with van der Waals surface area (Å²) in [7, 11) is 0. The summed E-state index contributed by atoms with van der Waals surface area (Å²) in [6, 6.07) is 14.7. The Balaban J connectivity index is 1.55. The molecule has 0 radical (unpaired) electrons. The Bertz CT molecular complexity index is 1000. The van der Waals surface area contributed by atoms with Crippen molar-refractivity contribution in [1.29, 1.82) is 0 Å². The van der Waals surface area contributed by atoms with Crippen LogP contribution in [0.5, 0.6) is 0 Å². The van der Waals surface area contributed by atoms with Gasteiger partial charge in [0.25, 0.3) is 0 Å². The first-order valence-corrected chi connectivity index (χ1v) is 8.56. The highest BCUT2D eigenvalue weighted by molar-refractivity contribution is 7.99. The van der Waals surface area contributed by atoms with Gasteiger partial charge in [-0.2, -0.15) is 0 Å². The molecule has 7 nitrogen and oxygen atoms in total. The van der Waals surface area contributed by atoms with Gasteiger partial charge in [-0.3, -0.25) is 0 Å². The highest BCUT2D eigenvalue weighted by Crippen LogP contribution is 2.42. The van der Waals surface area contributed by atoms with E-state index in [9.17, 15) is 0 Å². The number of benzene rings is 1. The minimum Gasteiger partial charge on any atom is -0.316 e. The summed E-state index contributed by atoms with van der Waals surface area (Å²) in [6.45, 7) is 0. The number of nitrogens with zero attached hydrogens (tertiary/aromatic N) is 7. The number of fused-ring (bicyclic) bond motifs is 1. The number of imidazole rings is 1. The molecule has 3 heterocycles. The molecule has 0 N–H and O–H groups in total. The molecule has 5 rings (SSSR count). The molecule has 24 heavy (non-hydrogen) atoms. The second-order valence-corrected chi connectivity index (χ2v) is 6.68. The summed E-state index contributed by atoms with van der Waals surface area (Å²) in [5.74, 6) is 0. The molecule has 1 saturated carbocycles. The van der Waals surface area contributed by atoms with Crippen LogP contribution in [0.1, 0.15) is 18.9 Å². The van der Waals surface area contributed by atoms with Gasteiger partial charge in [0.05, 0.1) is 11.9 Å². The summed E-state index contributed by atoms with van der Waals surface area (Å²) in [5, 5.41) is 17.5. The number of rotatable bonds is 4. The van der Waals surface area contributed by atoms with Crippen LogP contribution in [0.2, 0.25) is 0 Å². The largest absolute Gasteiger partial charge is 0.316 e. The average molecular weight is 335 g/mol. The first-order valence-electron chi connectivity index (χ1n) is 7.74. The number of hydrogen-bond donors (Lipinski definition) is 0. The van der Waals surface area contributed by atoms with Crippen LogP contribution < -0.4 is 0 Å². The smallest absolute Gasteiger partial charge is 0.200 e. The lowest BCUT2D eigenvalue weighted by Crippen LogP contribution is -2.00. The van der Waals surface area contributed by atoms with Crippen LogP contribution in [-0.4, -0.2) is 34.8 Å². The van der Waals surface area contributed by atoms with E-state index in [0.717, 1.165) is 15.9 Å². The number of tetrazole rings is 1. The minimum atomic E-state index is 0.530. The lowest BCUT2D eigenvalue weighted by Gasteiger charge is -2.10. The Morgan fingerprint density at radius 2 is 1.92 bits per heavy atom. The Morgan fingerprint density at radius 1 is 1.04 bits per heavy atom. The zero-order chi connectivity index (χ0) is 15.9. The van der Waals surface area contributed by atoms with E-state index in [0.29, 0.717) is 11.7 Å². The van der Waals surface area contributed by atoms with Crippen molar-refractivity contribution < 1.29 is 0 Å². The standard InChI is InChI=1S/C16H13N7S/c1-2-4-11(5-3-1)13-10-17-16(22(13)12-6-7-12)24-15-9-8-14-18-20-21-23(14)19-15/h1-5,8-10,12H,6-7H2. The fraction of sp³-hybridized carbons (Fsp3) is 0.188. The molecule has 0 atom stereocenters. The predicted octanol–water partition coefficient (Wildman–Crippen LogP) is 2.87. The highest BCUT2D eigenvalue weighted by Gasteiger charge is 2.29. The summed E-state index contributed by atoms with van der Waals surface area (Å²) < 4.78 is 3.76. The van der Waals surface area contributed by atoms with E-state index in [1.165, 1.54) is 23.0 Å². The van der Waals surface area contributed by atoms with E-state index in [2.05, 4.69) is 54.4 Å². The van der Waals surface area contributed by atoms with Crippen molar-refractivity contribution in [3.63, 3.8) is 0 Å². The topological polar surface area (TPSA) is 73.8 Å².